The van der Waals surface area contributed by atoms with Gasteiger partial charge in [-0.1, -0.05) is 57.0 Å². The summed E-state index contributed by atoms with van der Waals surface area (Å²) in [5.41, 5.74) is 2.83. The van der Waals surface area contributed by atoms with Crippen molar-refractivity contribution in [3.05, 3.63) is 64.7 Å². The van der Waals surface area contributed by atoms with E-state index in [0.717, 1.165) is 41.5 Å². The zero-order valence-corrected chi connectivity index (χ0v) is 26.0. The molecule has 226 valence electrons. The van der Waals surface area contributed by atoms with E-state index in [0.29, 0.717) is 13.0 Å². The molecular weight excluding hydrogens is 518 g/mol. The molecule has 2 aromatic carbocycles. The summed E-state index contributed by atoms with van der Waals surface area (Å²) in [6.45, 7) is 15.7. The van der Waals surface area contributed by atoms with Crippen LogP contribution in [0, 0.1) is 13.8 Å². The van der Waals surface area contributed by atoms with Crippen LogP contribution in [0.3, 0.4) is 0 Å². The Morgan fingerprint density at radius 3 is 2.17 bits per heavy atom. The molecule has 0 heterocycles. The Bertz CT molecular complexity index is 1160. The maximum absolute atomic E-state index is 14.4. The average molecular weight is 568 g/mol. The third kappa shape index (κ3) is 10.7. The molecule has 2 aromatic rings. The molecule has 0 bridgehead atoms. The van der Waals surface area contributed by atoms with Crippen LogP contribution in [0.2, 0.25) is 0 Å². The zero-order chi connectivity index (χ0) is 30.7. The third-order valence-corrected chi connectivity index (χ3v) is 6.92. The second-order valence-corrected chi connectivity index (χ2v) is 11.9. The van der Waals surface area contributed by atoms with Gasteiger partial charge in [-0.2, -0.15) is 0 Å². The second kappa shape index (κ2) is 15.5. The highest BCUT2D eigenvalue weighted by Crippen LogP contribution is 2.26. The number of nitrogens with zero attached hydrogens (tertiary/aromatic N) is 1. The maximum Gasteiger partial charge on any atom is 0.408 e. The lowest BCUT2D eigenvalue weighted by molar-refractivity contribution is -0.142. The average Bonchev–Trinajstić information content (AvgIpc) is 2.87. The Morgan fingerprint density at radius 1 is 0.951 bits per heavy atom. The lowest BCUT2D eigenvalue weighted by atomic mass is 9.96. The summed E-state index contributed by atoms with van der Waals surface area (Å²) in [5.74, 6) is -0.521. The van der Waals surface area contributed by atoms with Crippen molar-refractivity contribution < 1.29 is 24.2 Å². The molecule has 0 aliphatic heterocycles. The Kier molecular flexibility index (Phi) is 12.7. The fourth-order valence-corrected chi connectivity index (χ4v) is 4.65. The van der Waals surface area contributed by atoms with E-state index in [9.17, 15) is 19.5 Å². The van der Waals surface area contributed by atoms with Crippen molar-refractivity contribution in [2.24, 2.45) is 0 Å². The summed E-state index contributed by atoms with van der Waals surface area (Å²) in [5, 5.41) is 15.7. The minimum atomic E-state index is -0.999. The number of hydrogen-bond acceptors (Lipinski definition) is 5. The van der Waals surface area contributed by atoms with Gasteiger partial charge in [0, 0.05) is 19.0 Å². The van der Waals surface area contributed by atoms with Gasteiger partial charge in [-0.3, -0.25) is 9.59 Å². The lowest BCUT2D eigenvalue weighted by Gasteiger charge is -2.35. The number of nitrogens with one attached hydrogen (secondary N) is 2. The molecular formula is C33H49N3O5. The molecule has 0 saturated heterocycles. The van der Waals surface area contributed by atoms with Gasteiger partial charge in [0.2, 0.25) is 11.8 Å². The molecule has 8 heteroatoms. The van der Waals surface area contributed by atoms with Crippen LogP contribution in [-0.2, 0) is 20.7 Å². The zero-order valence-electron chi connectivity index (χ0n) is 26.0. The molecule has 0 aliphatic carbocycles. The molecule has 0 radical (unpaired) electrons. The maximum atomic E-state index is 14.4. The van der Waals surface area contributed by atoms with E-state index in [4.69, 9.17) is 4.74 Å². The van der Waals surface area contributed by atoms with Gasteiger partial charge in [-0.15, -0.1) is 0 Å². The van der Waals surface area contributed by atoms with E-state index >= 15 is 0 Å². The van der Waals surface area contributed by atoms with E-state index in [2.05, 4.69) is 17.6 Å². The van der Waals surface area contributed by atoms with Gasteiger partial charge in [0.15, 0.2) is 0 Å². The smallest absolute Gasteiger partial charge is 0.408 e. The number of alkyl carbamates (subject to hydrolysis) is 1. The number of benzene rings is 2. The summed E-state index contributed by atoms with van der Waals surface area (Å²) in [6, 6.07) is 10.4. The quantitative estimate of drug-likeness (QED) is 0.270. The first-order valence-corrected chi connectivity index (χ1v) is 14.7. The minimum Gasteiger partial charge on any atom is -0.508 e. The highest BCUT2D eigenvalue weighted by atomic mass is 16.6. The molecule has 0 saturated carbocycles. The fourth-order valence-electron chi connectivity index (χ4n) is 4.65. The summed E-state index contributed by atoms with van der Waals surface area (Å²) in [6.07, 6.45) is 2.69. The molecule has 0 fully saturated rings. The first-order valence-electron chi connectivity index (χ1n) is 14.7. The number of aromatic hydroxyl groups is 1. The molecule has 8 nitrogen and oxygen atoms in total. The number of rotatable bonds is 13. The van der Waals surface area contributed by atoms with E-state index in [-0.39, 0.29) is 30.0 Å². The van der Waals surface area contributed by atoms with Gasteiger partial charge in [-0.05, 0) is 88.8 Å². The van der Waals surface area contributed by atoms with Crippen LogP contribution in [0.1, 0.15) is 95.5 Å². The molecule has 3 amide bonds. The molecule has 41 heavy (non-hydrogen) atoms. The highest BCUT2D eigenvalue weighted by molar-refractivity contribution is 5.92. The molecule has 0 aliphatic rings. The Labute approximate surface area is 245 Å². The minimum absolute atomic E-state index is 0.0580. The van der Waals surface area contributed by atoms with Crippen LogP contribution in [0.5, 0.6) is 5.75 Å². The summed E-state index contributed by atoms with van der Waals surface area (Å²) >= 11 is 0. The molecule has 3 unspecified atom stereocenters. The second-order valence-electron chi connectivity index (χ2n) is 11.9. The van der Waals surface area contributed by atoms with Crippen LogP contribution in [-0.4, -0.2) is 52.1 Å². The summed E-state index contributed by atoms with van der Waals surface area (Å²) in [4.78, 5) is 42.9. The van der Waals surface area contributed by atoms with E-state index in [1.807, 2.05) is 45.9 Å². The predicted octanol–water partition coefficient (Wildman–Crippen LogP) is 6.12. The molecule has 3 N–H and O–H groups in total. The van der Waals surface area contributed by atoms with Crippen LogP contribution >= 0.6 is 0 Å². The van der Waals surface area contributed by atoms with Crippen molar-refractivity contribution in [2.75, 3.05) is 6.54 Å². The Balaban J connectivity index is 2.58. The number of unbranched alkanes of at least 4 members (excludes halogenated alkanes) is 1. The van der Waals surface area contributed by atoms with E-state index in [1.54, 1.807) is 49.9 Å². The van der Waals surface area contributed by atoms with Gasteiger partial charge in [0.05, 0.1) is 0 Å². The number of carbonyl (C=O) groups is 3. The number of aryl methyl sites for hydroxylation is 2. The largest absolute Gasteiger partial charge is 0.508 e. The highest BCUT2D eigenvalue weighted by Gasteiger charge is 2.36. The van der Waals surface area contributed by atoms with Crippen molar-refractivity contribution in [1.29, 1.82) is 0 Å². The van der Waals surface area contributed by atoms with Crippen LogP contribution in [0.25, 0.3) is 0 Å². The lowest BCUT2D eigenvalue weighted by Crippen LogP contribution is -2.54. The number of carbonyl (C=O) groups excluding carboxylic acids is 3. The first-order chi connectivity index (χ1) is 19.2. The van der Waals surface area contributed by atoms with Gasteiger partial charge in [0.25, 0.3) is 0 Å². The molecule has 0 spiro atoms. The van der Waals surface area contributed by atoms with Gasteiger partial charge in [0.1, 0.15) is 23.4 Å². The number of hydrogen-bond donors (Lipinski definition) is 3. The third-order valence-electron chi connectivity index (χ3n) is 6.92. The number of ether oxygens (including phenoxy) is 1. The van der Waals surface area contributed by atoms with Crippen molar-refractivity contribution in [1.82, 2.24) is 15.5 Å². The summed E-state index contributed by atoms with van der Waals surface area (Å²) < 4.78 is 5.50. The number of phenolic OH excluding ortho intramolecular Hbond substituents is 1. The van der Waals surface area contributed by atoms with Crippen molar-refractivity contribution >= 4 is 17.9 Å². The van der Waals surface area contributed by atoms with Crippen LogP contribution in [0.4, 0.5) is 4.79 Å². The number of phenols is 1. The Morgan fingerprint density at radius 2 is 1.61 bits per heavy atom. The van der Waals surface area contributed by atoms with Gasteiger partial charge in [-0.25, -0.2) is 4.79 Å². The SMILES string of the molecule is CCCCN(C(=O)C(Cc1ccc(O)cc1)NC(=O)OC(C)(C)C)C(C(=O)NC(C)CCC)c1ccc(C)c(C)c1. The monoisotopic (exact) mass is 567 g/mol. The van der Waals surface area contributed by atoms with E-state index < -0.39 is 23.8 Å². The van der Waals surface area contributed by atoms with Crippen molar-refractivity contribution in [3.63, 3.8) is 0 Å². The van der Waals surface area contributed by atoms with Crippen LogP contribution < -0.4 is 10.6 Å². The van der Waals surface area contributed by atoms with E-state index in [1.165, 1.54) is 0 Å². The fraction of sp³-hybridized carbons (Fsp3) is 0.545. The van der Waals surface area contributed by atoms with Gasteiger partial charge < -0.3 is 25.4 Å². The Hall–Kier alpha value is -3.55. The standard InChI is InChI=1S/C33H49N3O5/c1-9-11-19-36(29(30(38)34-24(5)12-10-2)26-16-13-22(3)23(4)20-26)31(39)28(35-32(40)41-33(6,7)8)21-25-14-17-27(37)18-15-25/h13-18,20,24,28-29,37H,9-12,19,21H2,1-8H3,(H,34,38)(H,35,40). The first kappa shape index (κ1) is 33.7. The predicted molar refractivity (Wildman–Crippen MR) is 163 cm³/mol. The molecule has 3 atom stereocenters. The number of amides is 3. The van der Waals surface area contributed by atoms with Crippen molar-refractivity contribution in [2.45, 2.75) is 111 Å². The summed E-state index contributed by atoms with van der Waals surface area (Å²) in [7, 11) is 0. The van der Waals surface area contributed by atoms with Crippen LogP contribution in [0.15, 0.2) is 42.5 Å². The molecule has 0 aromatic heterocycles. The van der Waals surface area contributed by atoms with Gasteiger partial charge >= 0.3 is 6.09 Å². The topological polar surface area (TPSA) is 108 Å². The normalized spacial score (nSPS) is 13.6. The van der Waals surface area contributed by atoms with Crippen molar-refractivity contribution in [3.8, 4) is 5.75 Å². The molecule has 2 rings (SSSR count).